The van der Waals surface area contributed by atoms with Crippen LogP contribution in [-0.2, 0) is 15.1 Å². The largest absolute Gasteiger partial charge is 0.472 e. The highest BCUT2D eigenvalue weighted by Crippen LogP contribution is 2.46. The second kappa shape index (κ2) is 7.85. The lowest BCUT2D eigenvalue weighted by atomic mass is 9.81. The van der Waals surface area contributed by atoms with Crippen molar-refractivity contribution in [3.63, 3.8) is 0 Å². The fraction of sp³-hybridized carbons (Fsp3) is 0.111. The van der Waals surface area contributed by atoms with E-state index in [1.807, 2.05) is 72.8 Å². The summed E-state index contributed by atoms with van der Waals surface area (Å²) >= 11 is 0. The van der Waals surface area contributed by atoms with Crippen LogP contribution in [0.5, 0.6) is 5.75 Å². The van der Waals surface area contributed by atoms with Gasteiger partial charge in [-0.15, -0.1) is 0 Å². The maximum absolute atomic E-state index is 13.1. The molecule has 1 aliphatic rings. The average Bonchev–Trinajstić information content (AvgIpc) is 2.84. The molecule has 0 spiro atoms. The summed E-state index contributed by atoms with van der Waals surface area (Å²) in [7, 11) is 0. The van der Waals surface area contributed by atoms with E-state index in [1.54, 1.807) is 25.1 Å². The summed E-state index contributed by atoms with van der Waals surface area (Å²) in [5, 5.41) is 0.605. The number of benzene rings is 3. The number of ether oxygens (including phenoxy) is 2. The first-order chi connectivity index (χ1) is 15.6. The van der Waals surface area contributed by atoms with Crippen molar-refractivity contribution in [3.8, 4) is 5.75 Å². The van der Waals surface area contributed by atoms with E-state index in [1.165, 1.54) is 0 Å². The van der Waals surface area contributed by atoms with Crippen molar-refractivity contribution in [2.45, 2.75) is 12.5 Å². The molecule has 0 saturated heterocycles. The Bertz CT molecular complexity index is 1340. The number of rotatable bonds is 4. The number of carbonyl (C=O) groups excluding carboxylic acids is 1. The van der Waals surface area contributed by atoms with Gasteiger partial charge in [0.25, 0.3) is 0 Å². The molecule has 0 saturated carbocycles. The van der Waals surface area contributed by atoms with Crippen LogP contribution in [0.2, 0.25) is 0 Å². The minimum absolute atomic E-state index is 0.0737. The number of esters is 1. The number of hydrogen-bond acceptors (Lipinski definition) is 5. The first-order valence-corrected chi connectivity index (χ1v) is 10.4. The van der Waals surface area contributed by atoms with Gasteiger partial charge in [-0.05, 0) is 25.1 Å². The van der Waals surface area contributed by atoms with Gasteiger partial charge in [0.1, 0.15) is 16.9 Å². The van der Waals surface area contributed by atoms with E-state index in [0.29, 0.717) is 16.7 Å². The van der Waals surface area contributed by atoms with Crippen LogP contribution in [0.3, 0.4) is 0 Å². The van der Waals surface area contributed by atoms with Gasteiger partial charge < -0.3 is 13.9 Å². The molecule has 32 heavy (non-hydrogen) atoms. The zero-order valence-corrected chi connectivity index (χ0v) is 17.4. The Hall–Kier alpha value is -4.12. The van der Waals surface area contributed by atoms with Crippen molar-refractivity contribution < 1.29 is 18.7 Å². The van der Waals surface area contributed by atoms with E-state index >= 15 is 0 Å². The highest BCUT2D eigenvalue weighted by atomic mass is 16.5. The van der Waals surface area contributed by atoms with Crippen LogP contribution < -0.4 is 10.4 Å². The molecule has 158 valence electrons. The van der Waals surface area contributed by atoms with Crippen molar-refractivity contribution in [2.75, 3.05) is 6.61 Å². The molecule has 0 fully saturated rings. The van der Waals surface area contributed by atoms with Gasteiger partial charge in [-0.3, -0.25) is 0 Å². The van der Waals surface area contributed by atoms with Crippen molar-refractivity contribution in [1.82, 2.24) is 0 Å². The van der Waals surface area contributed by atoms with Crippen molar-refractivity contribution in [2.24, 2.45) is 0 Å². The Labute approximate surface area is 184 Å². The molecular formula is C27H20O5. The molecule has 0 bridgehead atoms. The van der Waals surface area contributed by atoms with E-state index in [0.717, 1.165) is 11.1 Å². The molecule has 4 aromatic rings. The summed E-state index contributed by atoms with van der Waals surface area (Å²) in [5.74, 6) is -0.300. The molecule has 0 unspecified atom stereocenters. The summed E-state index contributed by atoms with van der Waals surface area (Å²) in [6.45, 7) is 1.90. The molecule has 1 aromatic heterocycles. The highest BCUT2D eigenvalue weighted by molar-refractivity contribution is 6.19. The van der Waals surface area contributed by atoms with Gasteiger partial charge in [-0.25, -0.2) is 9.59 Å². The third-order valence-electron chi connectivity index (χ3n) is 5.55. The molecule has 3 aromatic carbocycles. The number of hydrogen-bond donors (Lipinski definition) is 0. The standard InChI is InChI=1S/C27H20O5/c1-2-30-25(28)21-17-27(18-11-5-3-6-12-18,19-13-7-4-8-14-19)32-24-20-15-9-10-16-22(20)31-26(29)23(21)24/h3-17H,2H2,1H3. The Morgan fingerprint density at radius 3 is 2.09 bits per heavy atom. The van der Waals surface area contributed by atoms with Crippen LogP contribution >= 0.6 is 0 Å². The van der Waals surface area contributed by atoms with Gasteiger partial charge in [-0.2, -0.15) is 0 Å². The minimum Gasteiger partial charge on any atom is -0.472 e. The third kappa shape index (κ3) is 3.10. The number of fused-ring (bicyclic) bond motifs is 3. The average molecular weight is 424 g/mol. The van der Waals surface area contributed by atoms with E-state index in [9.17, 15) is 9.59 Å². The highest BCUT2D eigenvalue weighted by Gasteiger charge is 2.43. The van der Waals surface area contributed by atoms with Gasteiger partial charge in [0.05, 0.1) is 17.6 Å². The predicted molar refractivity (Wildman–Crippen MR) is 121 cm³/mol. The lowest BCUT2D eigenvalue weighted by Gasteiger charge is -2.37. The quantitative estimate of drug-likeness (QED) is 0.338. The van der Waals surface area contributed by atoms with Crippen LogP contribution in [0.4, 0.5) is 0 Å². The molecule has 5 rings (SSSR count). The molecule has 0 atom stereocenters. The first kappa shape index (κ1) is 19.8. The molecule has 0 aliphatic carbocycles. The van der Waals surface area contributed by atoms with Crippen LogP contribution in [0.25, 0.3) is 16.5 Å². The first-order valence-electron chi connectivity index (χ1n) is 10.4. The maximum atomic E-state index is 13.1. The van der Waals surface area contributed by atoms with Gasteiger partial charge in [-0.1, -0.05) is 72.8 Å². The Balaban J connectivity index is 1.90. The second-order valence-electron chi connectivity index (χ2n) is 7.44. The summed E-state index contributed by atoms with van der Waals surface area (Å²) in [4.78, 5) is 26.1. The molecule has 0 radical (unpaired) electrons. The Morgan fingerprint density at radius 2 is 1.47 bits per heavy atom. The zero-order chi connectivity index (χ0) is 22.1. The summed E-state index contributed by atoms with van der Waals surface area (Å²) in [6, 6.07) is 26.3. The molecular weight excluding hydrogens is 404 g/mol. The number of carbonyl (C=O) groups is 1. The van der Waals surface area contributed by atoms with Crippen molar-refractivity contribution in [1.29, 1.82) is 0 Å². The fourth-order valence-electron chi connectivity index (χ4n) is 4.12. The molecule has 5 heteroatoms. The van der Waals surface area contributed by atoms with Crippen LogP contribution in [0, 0.1) is 0 Å². The van der Waals surface area contributed by atoms with Gasteiger partial charge in [0.2, 0.25) is 0 Å². The summed E-state index contributed by atoms with van der Waals surface area (Å²) in [6.07, 6.45) is 1.67. The third-order valence-corrected chi connectivity index (χ3v) is 5.55. The second-order valence-corrected chi connectivity index (χ2v) is 7.44. The Morgan fingerprint density at radius 1 is 0.875 bits per heavy atom. The van der Waals surface area contributed by atoms with E-state index in [4.69, 9.17) is 13.9 Å². The molecule has 5 nitrogen and oxygen atoms in total. The fourth-order valence-corrected chi connectivity index (χ4v) is 4.12. The monoisotopic (exact) mass is 424 g/mol. The van der Waals surface area contributed by atoms with Gasteiger partial charge in [0, 0.05) is 11.1 Å². The number of para-hydroxylation sites is 1. The zero-order valence-electron chi connectivity index (χ0n) is 17.4. The Kier molecular flexibility index (Phi) is 4.86. The molecule has 0 amide bonds. The molecule has 0 N–H and O–H groups in total. The van der Waals surface area contributed by atoms with Gasteiger partial charge in [0.15, 0.2) is 5.60 Å². The topological polar surface area (TPSA) is 65.7 Å². The predicted octanol–water partition coefficient (Wildman–Crippen LogP) is 5.08. The smallest absolute Gasteiger partial charge is 0.348 e. The van der Waals surface area contributed by atoms with E-state index in [-0.39, 0.29) is 17.7 Å². The molecule has 1 aliphatic heterocycles. The van der Waals surface area contributed by atoms with Crippen molar-refractivity contribution in [3.05, 3.63) is 118 Å². The minimum atomic E-state index is -1.14. The van der Waals surface area contributed by atoms with Crippen LogP contribution in [-0.4, -0.2) is 12.6 Å². The van der Waals surface area contributed by atoms with Gasteiger partial charge >= 0.3 is 11.6 Å². The molecule has 2 heterocycles. The maximum Gasteiger partial charge on any atom is 0.348 e. The van der Waals surface area contributed by atoms with E-state index in [2.05, 4.69) is 0 Å². The lowest BCUT2D eigenvalue weighted by molar-refractivity contribution is -0.136. The SMILES string of the molecule is CCOC(=O)C1=CC(c2ccccc2)(c2ccccc2)Oc2c1c(=O)oc1ccccc21. The van der Waals surface area contributed by atoms with Crippen LogP contribution in [0.1, 0.15) is 23.6 Å². The summed E-state index contributed by atoms with van der Waals surface area (Å²) < 4.78 is 17.5. The van der Waals surface area contributed by atoms with Crippen molar-refractivity contribution >= 4 is 22.5 Å². The summed E-state index contributed by atoms with van der Waals surface area (Å²) in [5.41, 5.74) is 0.426. The lowest BCUT2D eigenvalue weighted by Crippen LogP contribution is -2.37. The normalized spacial score (nSPS) is 14.2. The van der Waals surface area contributed by atoms with E-state index < -0.39 is 17.2 Å². The van der Waals surface area contributed by atoms with Crippen LogP contribution in [0.15, 0.2) is 100 Å².